The van der Waals surface area contributed by atoms with Crippen molar-refractivity contribution in [3.8, 4) is 11.5 Å². The molecule has 0 radical (unpaired) electrons. The monoisotopic (exact) mass is 439 g/mol. The van der Waals surface area contributed by atoms with Crippen molar-refractivity contribution in [2.75, 3.05) is 47.6 Å². The van der Waals surface area contributed by atoms with Crippen LogP contribution in [0.15, 0.2) is 53.8 Å². The van der Waals surface area contributed by atoms with E-state index in [2.05, 4.69) is 34.4 Å². The maximum atomic E-state index is 8.99. The molecule has 3 rings (SSSR count). The van der Waals surface area contributed by atoms with Gasteiger partial charge in [-0.25, -0.2) is 5.01 Å². The molecular weight excluding hydrogens is 406 g/mol. The smallest absolute Gasteiger partial charge is 0.165 e. The molecule has 32 heavy (non-hydrogen) atoms. The van der Waals surface area contributed by atoms with Crippen molar-refractivity contribution in [3.05, 3.63) is 59.7 Å². The average Bonchev–Trinajstić information content (AvgIpc) is 2.85. The van der Waals surface area contributed by atoms with Gasteiger partial charge in [0.15, 0.2) is 11.5 Å². The maximum Gasteiger partial charge on any atom is 0.165 e. The molecule has 0 aromatic heterocycles. The lowest BCUT2D eigenvalue weighted by Gasteiger charge is -2.39. The minimum Gasteiger partial charge on any atom is -0.493 e. The van der Waals surface area contributed by atoms with Gasteiger partial charge in [-0.15, -0.1) is 0 Å². The molecule has 8 heteroatoms. The fourth-order valence-electron chi connectivity index (χ4n) is 4.40. The summed E-state index contributed by atoms with van der Waals surface area (Å²) in [7, 11) is 4.82. The number of nitrogens with zero attached hydrogens (tertiary/aromatic N) is 3. The highest BCUT2D eigenvalue weighted by Gasteiger charge is 2.34. The third-order valence-corrected chi connectivity index (χ3v) is 6.06. The number of methoxy groups -OCH3 is 3. The first-order chi connectivity index (χ1) is 15.6. The molecule has 8 nitrogen and oxygen atoms in total. The predicted molar refractivity (Wildman–Crippen MR) is 124 cm³/mol. The Hall–Kier alpha value is -2.97. The van der Waals surface area contributed by atoms with E-state index in [0.717, 1.165) is 31.5 Å². The van der Waals surface area contributed by atoms with Crippen LogP contribution in [0.1, 0.15) is 35.9 Å². The van der Waals surface area contributed by atoms with Gasteiger partial charge in [-0.2, -0.15) is 5.53 Å². The second-order valence-corrected chi connectivity index (χ2v) is 7.81. The van der Waals surface area contributed by atoms with Crippen molar-refractivity contribution in [2.45, 2.75) is 24.8 Å². The summed E-state index contributed by atoms with van der Waals surface area (Å²) < 4.78 is 16.4. The van der Waals surface area contributed by atoms with Crippen LogP contribution in [0.5, 0.6) is 11.5 Å². The van der Waals surface area contributed by atoms with Gasteiger partial charge >= 0.3 is 0 Å². The van der Waals surface area contributed by atoms with E-state index in [1.165, 1.54) is 10.6 Å². The molecule has 0 spiro atoms. The number of hydrogen-bond donors (Lipinski definition) is 2. The normalized spacial score (nSPS) is 15.7. The van der Waals surface area contributed by atoms with Crippen molar-refractivity contribution in [2.24, 2.45) is 5.22 Å². The zero-order valence-electron chi connectivity index (χ0n) is 19.1. The van der Waals surface area contributed by atoms with E-state index >= 15 is 0 Å². The molecule has 0 saturated carbocycles. The second-order valence-electron chi connectivity index (χ2n) is 7.81. The molecule has 1 aliphatic rings. The minimum absolute atomic E-state index is 0.224. The zero-order valence-corrected chi connectivity index (χ0v) is 19.1. The lowest BCUT2D eigenvalue weighted by Crippen LogP contribution is -2.44. The molecule has 1 atom stereocenters. The van der Waals surface area contributed by atoms with Crippen molar-refractivity contribution in [1.29, 1.82) is 10.9 Å². The molecule has 1 aliphatic heterocycles. The summed E-state index contributed by atoms with van der Waals surface area (Å²) in [5.74, 6) is 1.95. The lowest BCUT2D eigenvalue weighted by atomic mass is 9.88. The number of benzene rings is 2. The highest BCUT2D eigenvalue weighted by Crippen LogP contribution is 2.40. The van der Waals surface area contributed by atoms with Gasteiger partial charge in [0.05, 0.1) is 33.4 Å². The average molecular weight is 440 g/mol. The van der Waals surface area contributed by atoms with Crippen molar-refractivity contribution in [3.63, 3.8) is 0 Å². The third kappa shape index (κ3) is 5.26. The molecule has 0 aliphatic carbocycles. The zero-order chi connectivity index (χ0) is 22.9. The van der Waals surface area contributed by atoms with Crippen LogP contribution in [0.3, 0.4) is 0 Å². The molecule has 0 amide bonds. The van der Waals surface area contributed by atoms with Gasteiger partial charge < -0.3 is 14.2 Å². The van der Waals surface area contributed by atoms with Crippen molar-refractivity contribution < 1.29 is 14.2 Å². The Labute approximate surface area is 190 Å². The van der Waals surface area contributed by atoms with E-state index in [1.54, 1.807) is 21.3 Å². The molecule has 1 fully saturated rings. The Morgan fingerprint density at radius 3 is 2.38 bits per heavy atom. The highest BCUT2D eigenvalue weighted by molar-refractivity contribution is 5.86. The molecule has 0 bridgehead atoms. The number of likely N-dealkylation sites (tertiary alicyclic amines) is 1. The van der Waals surface area contributed by atoms with E-state index in [9.17, 15) is 0 Å². The summed E-state index contributed by atoms with van der Waals surface area (Å²) in [6.07, 6.45) is 1.99. The Morgan fingerprint density at radius 2 is 1.78 bits per heavy atom. The van der Waals surface area contributed by atoms with Crippen molar-refractivity contribution >= 4 is 5.84 Å². The largest absolute Gasteiger partial charge is 0.493 e. The van der Waals surface area contributed by atoms with Gasteiger partial charge in [-0.3, -0.25) is 10.3 Å². The van der Waals surface area contributed by atoms with E-state index in [0.29, 0.717) is 30.6 Å². The number of ether oxygens (including phenoxy) is 3. The van der Waals surface area contributed by atoms with Crippen LogP contribution >= 0.6 is 0 Å². The summed E-state index contributed by atoms with van der Waals surface area (Å²) in [4.78, 5) is 2.28. The number of amidine groups is 1. The second kappa shape index (κ2) is 11.6. The van der Waals surface area contributed by atoms with Crippen LogP contribution < -0.4 is 9.47 Å². The molecule has 1 heterocycles. The number of para-hydroxylation sites is 1. The Balaban J connectivity index is 1.91. The van der Waals surface area contributed by atoms with Crippen LogP contribution in [0, 0.1) is 10.9 Å². The third-order valence-electron chi connectivity index (χ3n) is 6.06. The Kier molecular flexibility index (Phi) is 8.58. The van der Waals surface area contributed by atoms with Gasteiger partial charge in [0, 0.05) is 12.7 Å². The molecule has 1 unspecified atom stereocenters. The fraction of sp³-hybridized carbons (Fsp3) is 0.458. The quantitative estimate of drug-likeness (QED) is 0.246. The lowest BCUT2D eigenvalue weighted by molar-refractivity contribution is 0.153. The number of nitrogens with one attached hydrogen (secondary N) is 2. The number of piperidine rings is 1. The van der Waals surface area contributed by atoms with E-state index in [1.807, 2.05) is 24.3 Å². The number of hydrogen-bond acceptors (Lipinski definition) is 7. The summed E-state index contributed by atoms with van der Waals surface area (Å²) in [6.45, 7) is 2.36. The molecule has 172 valence electrons. The molecular formula is C24H33N5O3. The Bertz CT molecular complexity index is 884. The van der Waals surface area contributed by atoms with Crippen LogP contribution in [-0.2, 0) is 4.74 Å². The summed E-state index contributed by atoms with van der Waals surface area (Å²) in [6, 6.07) is 15.9. The predicted octanol–water partition coefficient (Wildman–Crippen LogP) is 4.50. The Morgan fingerprint density at radius 1 is 1.06 bits per heavy atom. The summed E-state index contributed by atoms with van der Waals surface area (Å²) in [5.41, 5.74) is 9.84. The van der Waals surface area contributed by atoms with Crippen LogP contribution in [0.4, 0.5) is 0 Å². The van der Waals surface area contributed by atoms with E-state index < -0.39 is 6.04 Å². The van der Waals surface area contributed by atoms with Gasteiger partial charge in [0.1, 0.15) is 5.84 Å². The maximum absolute atomic E-state index is 8.99. The fourth-order valence-corrected chi connectivity index (χ4v) is 4.40. The summed E-state index contributed by atoms with van der Waals surface area (Å²) in [5, 5.41) is 14.0. The van der Waals surface area contributed by atoms with Crippen LogP contribution in [0.2, 0.25) is 0 Å². The van der Waals surface area contributed by atoms with Crippen LogP contribution in [0.25, 0.3) is 0 Å². The van der Waals surface area contributed by atoms with Crippen molar-refractivity contribution in [1.82, 2.24) is 9.91 Å². The van der Waals surface area contributed by atoms with Gasteiger partial charge in [0.25, 0.3) is 0 Å². The van der Waals surface area contributed by atoms with Gasteiger partial charge in [-0.05, 0) is 43.5 Å². The van der Waals surface area contributed by atoms with E-state index in [4.69, 9.17) is 25.2 Å². The van der Waals surface area contributed by atoms with Gasteiger partial charge in [0.2, 0.25) is 0 Å². The first kappa shape index (κ1) is 23.7. The minimum atomic E-state index is -0.414. The number of rotatable bonds is 10. The topological polar surface area (TPSA) is 94.2 Å². The first-order valence-electron chi connectivity index (χ1n) is 10.9. The molecule has 2 aromatic carbocycles. The van der Waals surface area contributed by atoms with Gasteiger partial charge in [-0.1, -0.05) is 47.7 Å². The summed E-state index contributed by atoms with van der Waals surface area (Å²) >= 11 is 0. The first-order valence-corrected chi connectivity index (χ1v) is 10.9. The van der Waals surface area contributed by atoms with Crippen LogP contribution in [-0.4, -0.2) is 63.3 Å². The highest BCUT2D eigenvalue weighted by atomic mass is 16.5. The standard InChI is InChI=1S/C24H33N5O3/c1-30-17-16-29(27-26)24(25)22(20-10-7-11-21(31-2)23(20)32-3)28-14-12-19(13-15-28)18-8-5-4-6-9-18/h4-11,19,22,25-26H,12-17H2,1-3H3. The molecule has 2 aromatic rings. The molecule has 1 saturated heterocycles. The SMILES string of the molecule is COCCN(N=N)C(=N)C(c1cccc(OC)c1OC)N1CCC(c2ccccc2)CC1. The molecule has 2 N–H and O–H groups in total. The van der Waals surface area contributed by atoms with E-state index in [-0.39, 0.29) is 5.84 Å².